The zero-order valence-corrected chi connectivity index (χ0v) is 19.8. The lowest BCUT2D eigenvalue weighted by Gasteiger charge is -2.42. The molecule has 2 bridgehead atoms. The fraction of sp³-hybridized carbons (Fsp3) is 0.947. The first kappa shape index (κ1) is 24.7. The molecule has 0 unspecified atom stereocenters. The van der Waals surface area contributed by atoms with Gasteiger partial charge in [0, 0.05) is 14.2 Å². The topological polar surface area (TPSA) is 90.9 Å². The van der Waals surface area contributed by atoms with Crippen LogP contribution in [0.3, 0.4) is 0 Å². The molecule has 9 nitrogen and oxygen atoms in total. The number of esters is 1. The fourth-order valence-corrected chi connectivity index (χ4v) is 4.58. The summed E-state index contributed by atoms with van der Waals surface area (Å²) in [5, 5.41) is -0.0852. The van der Waals surface area contributed by atoms with Crippen LogP contribution in [0.1, 0.15) is 20.8 Å². The van der Waals surface area contributed by atoms with Crippen LogP contribution >= 0.6 is 0 Å². The molecule has 0 aromatic heterocycles. The van der Waals surface area contributed by atoms with E-state index in [1.807, 2.05) is 0 Å². The van der Waals surface area contributed by atoms with Crippen LogP contribution in [0.4, 0.5) is 0 Å². The molecule has 29 heavy (non-hydrogen) atoms. The van der Waals surface area contributed by atoms with E-state index in [2.05, 4.69) is 33.9 Å². The van der Waals surface area contributed by atoms with Gasteiger partial charge in [-0.05, 0) is 18.1 Å². The van der Waals surface area contributed by atoms with Gasteiger partial charge in [-0.25, -0.2) is 4.79 Å². The maximum atomic E-state index is 12.8. The Morgan fingerprint density at radius 3 is 2.28 bits per heavy atom. The van der Waals surface area contributed by atoms with Crippen LogP contribution < -0.4 is 0 Å². The van der Waals surface area contributed by atoms with E-state index in [-0.39, 0.29) is 31.3 Å². The van der Waals surface area contributed by atoms with E-state index in [1.54, 1.807) is 7.11 Å². The van der Waals surface area contributed by atoms with Crippen molar-refractivity contribution < 1.29 is 42.4 Å². The lowest BCUT2D eigenvalue weighted by Crippen LogP contribution is -2.56. The molecule has 2 heterocycles. The van der Waals surface area contributed by atoms with Crippen molar-refractivity contribution in [2.45, 2.75) is 69.6 Å². The second kappa shape index (κ2) is 10.1. The van der Waals surface area contributed by atoms with Crippen molar-refractivity contribution in [1.82, 2.24) is 0 Å². The maximum Gasteiger partial charge on any atom is 0.334 e. The van der Waals surface area contributed by atoms with Crippen LogP contribution in [0, 0.1) is 5.92 Å². The van der Waals surface area contributed by atoms with Gasteiger partial charge in [-0.2, -0.15) is 0 Å². The van der Waals surface area contributed by atoms with Crippen LogP contribution in [0.25, 0.3) is 0 Å². The minimum atomic E-state index is -2.29. The Balaban J connectivity index is 2.28. The van der Waals surface area contributed by atoms with E-state index in [0.29, 0.717) is 0 Å². The molecule has 10 heteroatoms. The minimum absolute atomic E-state index is 0.0515. The van der Waals surface area contributed by atoms with Crippen molar-refractivity contribution >= 4 is 14.3 Å². The van der Waals surface area contributed by atoms with Crippen LogP contribution in [-0.4, -0.2) is 86.5 Å². The molecule has 2 rings (SSSR count). The van der Waals surface area contributed by atoms with Crippen LogP contribution in [0.15, 0.2) is 0 Å². The molecule has 0 spiro atoms. The highest BCUT2D eigenvalue weighted by Crippen LogP contribution is 2.45. The Bertz CT molecular complexity index is 536. The van der Waals surface area contributed by atoms with Crippen LogP contribution in [-0.2, 0) is 42.4 Å². The molecule has 2 fully saturated rings. The third-order valence-electron chi connectivity index (χ3n) is 5.87. The van der Waals surface area contributed by atoms with Crippen LogP contribution in [0.2, 0.25) is 18.1 Å². The summed E-state index contributed by atoms with van der Waals surface area (Å²) in [6.45, 7) is 11.0. The molecular formula is C19H36O9Si. The summed E-state index contributed by atoms with van der Waals surface area (Å²) in [7, 11) is 2.16. The Morgan fingerprint density at radius 2 is 1.72 bits per heavy atom. The summed E-state index contributed by atoms with van der Waals surface area (Å²) in [4.78, 5) is 12.8. The van der Waals surface area contributed by atoms with Crippen LogP contribution in [0.5, 0.6) is 0 Å². The van der Waals surface area contributed by atoms with Crippen molar-refractivity contribution in [1.29, 1.82) is 0 Å². The Kier molecular flexibility index (Phi) is 8.63. The average molecular weight is 437 g/mol. The van der Waals surface area contributed by atoms with Gasteiger partial charge in [0.05, 0.1) is 25.7 Å². The number of ether oxygens (including phenoxy) is 7. The molecule has 2 aliphatic rings. The Hall–Kier alpha value is -0.593. The first-order chi connectivity index (χ1) is 13.6. The van der Waals surface area contributed by atoms with Gasteiger partial charge in [0.25, 0.3) is 0 Å². The summed E-state index contributed by atoms with van der Waals surface area (Å²) < 4.78 is 44.9. The molecule has 0 aromatic carbocycles. The van der Waals surface area contributed by atoms with Gasteiger partial charge in [-0.15, -0.1) is 0 Å². The largest absolute Gasteiger partial charge is 0.467 e. The van der Waals surface area contributed by atoms with Gasteiger partial charge in [0.2, 0.25) is 0 Å². The van der Waals surface area contributed by atoms with E-state index in [0.717, 1.165) is 0 Å². The molecule has 0 N–H and O–H groups in total. The number of carbonyl (C=O) groups excluding carboxylic acids is 1. The van der Waals surface area contributed by atoms with Crippen molar-refractivity contribution in [3.63, 3.8) is 0 Å². The lowest BCUT2D eigenvalue weighted by molar-refractivity contribution is -0.199. The van der Waals surface area contributed by atoms with Crippen molar-refractivity contribution in [3.8, 4) is 0 Å². The zero-order valence-electron chi connectivity index (χ0n) is 18.8. The summed E-state index contributed by atoms with van der Waals surface area (Å²) >= 11 is 0. The first-order valence-corrected chi connectivity index (χ1v) is 12.7. The van der Waals surface area contributed by atoms with Gasteiger partial charge in [-0.3, -0.25) is 0 Å². The Labute approximate surface area is 174 Å². The summed E-state index contributed by atoms with van der Waals surface area (Å²) in [5.74, 6) is -0.861. The van der Waals surface area contributed by atoms with Gasteiger partial charge in [0.15, 0.2) is 20.7 Å². The quantitative estimate of drug-likeness (QED) is 0.208. The summed E-state index contributed by atoms with van der Waals surface area (Å²) in [5.41, 5.74) is 0. The molecule has 2 saturated heterocycles. The van der Waals surface area contributed by atoms with E-state index >= 15 is 0 Å². The van der Waals surface area contributed by atoms with E-state index in [9.17, 15) is 4.79 Å². The average Bonchev–Trinajstić information content (AvgIpc) is 3.21. The highest BCUT2D eigenvalue weighted by molar-refractivity contribution is 6.74. The number of fused-ring (bicyclic) bond motifs is 2. The lowest BCUT2D eigenvalue weighted by atomic mass is 9.87. The maximum absolute atomic E-state index is 12.8. The molecular weight excluding hydrogens is 400 g/mol. The van der Waals surface area contributed by atoms with E-state index in [4.69, 9.17) is 37.6 Å². The normalized spacial score (nSPS) is 30.6. The number of carbonyl (C=O) groups is 1. The molecule has 2 aliphatic heterocycles. The van der Waals surface area contributed by atoms with Crippen molar-refractivity contribution in [2.24, 2.45) is 5.92 Å². The predicted octanol–water partition coefficient (Wildman–Crippen LogP) is 1.90. The number of hydrogen-bond acceptors (Lipinski definition) is 9. The van der Waals surface area contributed by atoms with E-state index in [1.165, 1.54) is 14.2 Å². The second-order valence-electron chi connectivity index (χ2n) is 8.86. The van der Waals surface area contributed by atoms with Crippen molar-refractivity contribution in [2.75, 3.05) is 41.5 Å². The highest BCUT2D eigenvalue weighted by Gasteiger charge is 2.61. The standard InChI is InChI=1S/C19H36O9Si/c1-19(2,3)29(7,8)28-15(17(20)23-6)13-14-12(9-24-10-21-4)26-18(27-14)16(13)25-11-22-5/h12-16,18H,9-11H2,1-8H3/t12-,13-,14+,15+,16-,18+/m1/s1. The smallest absolute Gasteiger partial charge is 0.334 e. The summed E-state index contributed by atoms with van der Waals surface area (Å²) in [6, 6.07) is 0. The predicted molar refractivity (Wildman–Crippen MR) is 106 cm³/mol. The molecule has 0 saturated carbocycles. The summed E-state index contributed by atoms with van der Waals surface area (Å²) in [6.07, 6.45) is -2.80. The molecule has 0 amide bonds. The minimum Gasteiger partial charge on any atom is -0.467 e. The second-order valence-corrected chi connectivity index (χ2v) is 13.6. The van der Waals surface area contributed by atoms with Crippen molar-refractivity contribution in [3.05, 3.63) is 0 Å². The van der Waals surface area contributed by atoms with Gasteiger partial charge < -0.3 is 37.6 Å². The number of rotatable bonds is 11. The fourth-order valence-electron chi connectivity index (χ4n) is 3.34. The first-order valence-electron chi connectivity index (χ1n) is 9.81. The van der Waals surface area contributed by atoms with Gasteiger partial charge >= 0.3 is 5.97 Å². The number of hydrogen-bond donors (Lipinski definition) is 0. The number of methoxy groups -OCH3 is 3. The molecule has 0 radical (unpaired) electrons. The highest BCUT2D eigenvalue weighted by atomic mass is 28.4. The monoisotopic (exact) mass is 436 g/mol. The molecule has 0 aliphatic carbocycles. The molecule has 6 atom stereocenters. The molecule has 0 aromatic rings. The Morgan fingerprint density at radius 1 is 1.07 bits per heavy atom. The van der Waals surface area contributed by atoms with E-state index < -0.39 is 44.8 Å². The van der Waals surface area contributed by atoms with Gasteiger partial charge in [0.1, 0.15) is 25.8 Å². The third-order valence-corrected chi connectivity index (χ3v) is 10.3. The zero-order chi connectivity index (χ0) is 21.8. The molecule has 170 valence electrons. The third kappa shape index (κ3) is 5.56. The SMILES string of the molecule is COCOC[C@H]1O[C@H]2O[C@@H]1[C@H]([C@H](O[Si](C)(C)C(C)(C)C)C(=O)OC)[C@H]2OCOC. The van der Waals surface area contributed by atoms with Gasteiger partial charge in [-0.1, -0.05) is 20.8 Å².